The van der Waals surface area contributed by atoms with Crippen LogP contribution in [0, 0.1) is 0 Å². The molecule has 1 heterocycles. The summed E-state index contributed by atoms with van der Waals surface area (Å²) < 4.78 is 0. The molecular weight excluding hydrogens is 311 g/mol. The van der Waals surface area contributed by atoms with Gasteiger partial charge < -0.3 is 5.32 Å². The minimum absolute atomic E-state index is 0.433. The molecule has 0 saturated carbocycles. The van der Waals surface area contributed by atoms with Crippen LogP contribution in [0.1, 0.15) is 11.1 Å². The van der Waals surface area contributed by atoms with Gasteiger partial charge in [-0.25, -0.2) is 4.79 Å². The van der Waals surface area contributed by atoms with E-state index in [1.54, 1.807) is 48.5 Å². The molecule has 1 saturated heterocycles. The average molecular weight is 321 g/mol. The van der Waals surface area contributed by atoms with E-state index < -0.39 is 17.5 Å². The van der Waals surface area contributed by atoms with E-state index in [4.69, 9.17) is 23.2 Å². The molecule has 0 bridgehead atoms. The van der Waals surface area contributed by atoms with Crippen LogP contribution >= 0.6 is 23.2 Å². The minimum Gasteiger partial charge on any atom is -0.316 e. The third-order valence-corrected chi connectivity index (χ3v) is 3.93. The third-order valence-electron chi connectivity index (χ3n) is 3.42. The van der Waals surface area contributed by atoms with E-state index in [0.717, 1.165) is 0 Å². The summed E-state index contributed by atoms with van der Waals surface area (Å²) in [5, 5.41) is 6.08. The van der Waals surface area contributed by atoms with E-state index in [0.29, 0.717) is 21.2 Å². The second-order valence-electron chi connectivity index (χ2n) is 4.67. The van der Waals surface area contributed by atoms with Crippen LogP contribution in [0.25, 0.3) is 0 Å². The number of carbonyl (C=O) groups excluding carboxylic acids is 2. The summed E-state index contributed by atoms with van der Waals surface area (Å²) in [6.07, 6.45) is 0. The molecule has 0 aromatic heterocycles. The lowest BCUT2D eigenvalue weighted by molar-refractivity contribution is -0.122. The first-order chi connectivity index (χ1) is 10.0. The number of urea groups is 1. The number of amides is 3. The molecule has 0 aliphatic carbocycles. The summed E-state index contributed by atoms with van der Waals surface area (Å²) in [5.74, 6) is -0.433. The lowest BCUT2D eigenvalue weighted by Crippen LogP contribution is -2.44. The molecule has 3 rings (SSSR count). The van der Waals surface area contributed by atoms with E-state index in [1.807, 2.05) is 0 Å². The lowest BCUT2D eigenvalue weighted by Gasteiger charge is -2.27. The van der Waals surface area contributed by atoms with Gasteiger partial charge in [-0.1, -0.05) is 47.5 Å². The summed E-state index contributed by atoms with van der Waals surface area (Å²) in [6.45, 7) is 0. The number of hydrogen-bond acceptors (Lipinski definition) is 2. The van der Waals surface area contributed by atoms with Crippen molar-refractivity contribution in [1.29, 1.82) is 0 Å². The monoisotopic (exact) mass is 320 g/mol. The topological polar surface area (TPSA) is 58.2 Å². The van der Waals surface area contributed by atoms with Crippen molar-refractivity contribution in [2.75, 3.05) is 0 Å². The van der Waals surface area contributed by atoms with Gasteiger partial charge in [-0.2, -0.15) is 0 Å². The van der Waals surface area contributed by atoms with Crippen molar-refractivity contribution < 1.29 is 9.59 Å². The highest BCUT2D eigenvalue weighted by Crippen LogP contribution is 2.33. The normalized spacial score (nSPS) is 16.5. The zero-order chi connectivity index (χ0) is 15.0. The van der Waals surface area contributed by atoms with Gasteiger partial charge in [0.2, 0.25) is 0 Å². The van der Waals surface area contributed by atoms with Gasteiger partial charge in [-0.15, -0.1) is 0 Å². The zero-order valence-electron chi connectivity index (χ0n) is 10.7. The van der Waals surface area contributed by atoms with Gasteiger partial charge in [0.25, 0.3) is 5.91 Å². The molecule has 6 heteroatoms. The Bertz CT molecular complexity index is 666. The average Bonchev–Trinajstić information content (AvgIpc) is 2.76. The first-order valence-corrected chi connectivity index (χ1v) is 6.93. The molecule has 3 amide bonds. The van der Waals surface area contributed by atoms with Crippen LogP contribution in [0.2, 0.25) is 10.0 Å². The number of nitrogens with one attached hydrogen (secondary N) is 2. The fourth-order valence-corrected chi connectivity index (χ4v) is 2.68. The molecule has 2 aromatic rings. The van der Waals surface area contributed by atoms with Gasteiger partial charge in [-0.05, 0) is 35.4 Å². The summed E-state index contributed by atoms with van der Waals surface area (Å²) in [4.78, 5) is 24.1. The first kappa shape index (κ1) is 13.9. The van der Waals surface area contributed by atoms with Crippen LogP contribution in [0.4, 0.5) is 4.79 Å². The van der Waals surface area contributed by atoms with Crippen LogP contribution in [-0.2, 0) is 10.3 Å². The number of imide groups is 1. The lowest BCUT2D eigenvalue weighted by atomic mass is 9.83. The minimum atomic E-state index is -1.27. The largest absolute Gasteiger partial charge is 0.322 e. The van der Waals surface area contributed by atoms with Crippen LogP contribution < -0.4 is 10.6 Å². The van der Waals surface area contributed by atoms with E-state index in [-0.39, 0.29) is 0 Å². The maximum Gasteiger partial charge on any atom is 0.322 e. The summed E-state index contributed by atoms with van der Waals surface area (Å²) in [6, 6.07) is 13.0. The van der Waals surface area contributed by atoms with Crippen LogP contribution in [0.15, 0.2) is 48.5 Å². The van der Waals surface area contributed by atoms with E-state index in [1.165, 1.54) is 0 Å². The van der Waals surface area contributed by atoms with Crippen molar-refractivity contribution in [2.24, 2.45) is 0 Å². The van der Waals surface area contributed by atoms with Crippen molar-refractivity contribution in [3.05, 3.63) is 69.7 Å². The molecule has 106 valence electrons. The Hall–Kier alpha value is -2.04. The van der Waals surface area contributed by atoms with Gasteiger partial charge in [0.05, 0.1) is 0 Å². The molecule has 0 spiro atoms. The standard InChI is InChI=1S/C15H10Cl2N2O2/c16-11-5-1-9(2-6-11)15(13(20)18-14(21)19-15)10-3-7-12(17)8-4-10/h1-8H,(H2,18,19,20,21). The number of carbonyl (C=O) groups is 2. The second kappa shape index (κ2) is 5.06. The Kier molecular flexibility index (Phi) is 3.35. The van der Waals surface area contributed by atoms with Gasteiger partial charge >= 0.3 is 6.03 Å². The van der Waals surface area contributed by atoms with Crippen molar-refractivity contribution >= 4 is 35.1 Å². The molecule has 2 aromatic carbocycles. The summed E-state index contributed by atoms with van der Waals surface area (Å²) in [5.41, 5.74) is -0.0261. The van der Waals surface area contributed by atoms with Crippen molar-refractivity contribution in [3.63, 3.8) is 0 Å². The molecule has 2 N–H and O–H groups in total. The molecule has 0 atom stereocenters. The molecule has 1 aliphatic rings. The fraction of sp³-hybridized carbons (Fsp3) is 0.0667. The Morgan fingerprint density at radius 2 is 1.19 bits per heavy atom. The zero-order valence-corrected chi connectivity index (χ0v) is 12.2. The maximum absolute atomic E-state index is 12.4. The van der Waals surface area contributed by atoms with E-state index in [2.05, 4.69) is 10.6 Å². The molecule has 0 radical (unpaired) electrons. The Morgan fingerprint density at radius 1 is 0.762 bits per heavy atom. The van der Waals surface area contributed by atoms with Gasteiger partial charge in [0.1, 0.15) is 0 Å². The predicted octanol–water partition coefficient (Wildman–Crippen LogP) is 3.08. The van der Waals surface area contributed by atoms with E-state index in [9.17, 15) is 9.59 Å². The third kappa shape index (κ3) is 2.26. The first-order valence-electron chi connectivity index (χ1n) is 6.18. The van der Waals surface area contributed by atoms with Crippen molar-refractivity contribution in [1.82, 2.24) is 10.6 Å². The maximum atomic E-state index is 12.4. The smallest absolute Gasteiger partial charge is 0.316 e. The predicted molar refractivity (Wildman–Crippen MR) is 80.4 cm³/mol. The Labute approximate surface area is 131 Å². The number of halogens is 2. The fourth-order valence-electron chi connectivity index (χ4n) is 2.43. The van der Waals surface area contributed by atoms with Gasteiger partial charge in [0.15, 0.2) is 5.54 Å². The molecule has 21 heavy (non-hydrogen) atoms. The summed E-state index contributed by atoms with van der Waals surface area (Å²) in [7, 11) is 0. The Balaban J connectivity index is 2.20. The van der Waals surface area contributed by atoms with Crippen molar-refractivity contribution in [2.45, 2.75) is 5.54 Å². The van der Waals surface area contributed by atoms with E-state index >= 15 is 0 Å². The molecule has 1 aliphatic heterocycles. The van der Waals surface area contributed by atoms with Gasteiger partial charge in [0, 0.05) is 10.0 Å². The van der Waals surface area contributed by atoms with Crippen LogP contribution in [0.5, 0.6) is 0 Å². The van der Waals surface area contributed by atoms with Crippen LogP contribution in [0.3, 0.4) is 0 Å². The molecule has 1 fully saturated rings. The Morgan fingerprint density at radius 3 is 1.52 bits per heavy atom. The SMILES string of the molecule is O=C1NC(=O)C(c2ccc(Cl)cc2)(c2ccc(Cl)cc2)N1. The number of benzene rings is 2. The molecular formula is C15H10Cl2N2O2. The number of hydrogen-bond donors (Lipinski definition) is 2. The van der Waals surface area contributed by atoms with Gasteiger partial charge in [-0.3, -0.25) is 10.1 Å². The highest BCUT2D eigenvalue weighted by atomic mass is 35.5. The second-order valence-corrected chi connectivity index (χ2v) is 5.54. The summed E-state index contributed by atoms with van der Waals surface area (Å²) >= 11 is 11.8. The van der Waals surface area contributed by atoms with Crippen LogP contribution in [-0.4, -0.2) is 11.9 Å². The number of rotatable bonds is 2. The molecule has 0 unspecified atom stereocenters. The quantitative estimate of drug-likeness (QED) is 0.835. The van der Waals surface area contributed by atoms with Crippen molar-refractivity contribution in [3.8, 4) is 0 Å². The highest BCUT2D eigenvalue weighted by molar-refractivity contribution is 6.31. The molecule has 4 nitrogen and oxygen atoms in total. The highest BCUT2D eigenvalue weighted by Gasteiger charge is 2.49.